The number of ether oxygens (including phenoxy) is 2. The van der Waals surface area contributed by atoms with Gasteiger partial charge in [0.2, 0.25) is 11.8 Å². The van der Waals surface area contributed by atoms with E-state index in [0.29, 0.717) is 38.2 Å². The minimum atomic E-state index is -0.885. The molecule has 2 aromatic rings. The summed E-state index contributed by atoms with van der Waals surface area (Å²) < 4.78 is 12.0. The van der Waals surface area contributed by atoms with E-state index in [9.17, 15) is 19.5 Å². The molecule has 0 aromatic heterocycles. The number of hydrogen-bond donors (Lipinski definition) is 4. The molecule has 2 aliphatic carbocycles. The van der Waals surface area contributed by atoms with Crippen molar-refractivity contribution >= 4 is 29.7 Å². The Morgan fingerprint density at radius 2 is 1.16 bits per heavy atom. The van der Waals surface area contributed by atoms with Crippen molar-refractivity contribution in [3.63, 3.8) is 0 Å². The van der Waals surface area contributed by atoms with Crippen molar-refractivity contribution in [3.05, 3.63) is 59.7 Å². The number of unbranched alkanes of at least 4 members (excludes halogenated alkanes) is 21. The van der Waals surface area contributed by atoms with E-state index in [1.54, 1.807) is 0 Å². The number of alkyl carbamates (subject to hydrolysis) is 1. The second-order valence-electron chi connectivity index (χ2n) is 18.5. The average Bonchev–Trinajstić information content (AvgIpc) is 4.00. The summed E-state index contributed by atoms with van der Waals surface area (Å²) in [6, 6.07) is 15.3. The lowest BCUT2D eigenvalue weighted by Crippen LogP contribution is -2.53. The molecule has 0 saturated heterocycles. The molecule has 63 heavy (non-hydrogen) atoms. The Bertz CT molecular complexity index is 1520. The molecule has 1 saturated carbocycles. The van der Waals surface area contributed by atoms with Crippen molar-refractivity contribution in [1.29, 1.82) is 0 Å². The van der Waals surface area contributed by atoms with Crippen LogP contribution in [0.15, 0.2) is 48.5 Å². The van der Waals surface area contributed by atoms with Crippen LogP contribution in [0.5, 0.6) is 0 Å². The molecule has 0 spiro atoms. The lowest BCUT2D eigenvalue weighted by atomic mass is 9.98. The number of carbonyl (C=O) groups excluding carboxylic acids is 3. The van der Waals surface area contributed by atoms with Crippen molar-refractivity contribution in [2.24, 2.45) is 0 Å². The number of fused-ring (bicyclic) bond motifs is 3. The summed E-state index contributed by atoms with van der Waals surface area (Å²) in [7, 11) is 0. The van der Waals surface area contributed by atoms with E-state index in [4.69, 9.17) is 9.47 Å². The minimum Gasteiger partial charge on any atom is -0.449 e. The summed E-state index contributed by atoms with van der Waals surface area (Å²) in [6.45, 7) is 5.58. The molecule has 0 radical (unpaired) electrons. The van der Waals surface area contributed by atoms with E-state index < -0.39 is 17.7 Å². The maximum Gasteiger partial charge on any atom is 0.407 e. The van der Waals surface area contributed by atoms with Gasteiger partial charge in [-0.15, -0.1) is 0 Å². The second-order valence-corrected chi connectivity index (χ2v) is 19.6. The first-order valence-corrected chi connectivity index (χ1v) is 26.5. The molecule has 2 atom stereocenters. The van der Waals surface area contributed by atoms with Crippen LogP contribution in [-0.4, -0.2) is 78.6 Å². The minimum absolute atomic E-state index is 0.0355. The lowest BCUT2D eigenvalue weighted by molar-refractivity contribution is -0.124. The number of aliphatic hydroxyl groups is 1. The zero-order chi connectivity index (χ0) is 44.8. The van der Waals surface area contributed by atoms with Gasteiger partial charge in [-0.1, -0.05) is 197 Å². The third-order valence-electron chi connectivity index (χ3n) is 12.9. The first-order chi connectivity index (χ1) is 30.9. The summed E-state index contributed by atoms with van der Waals surface area (Å²) >= 11 is 1.50. The first kappa shape index (κ1) is 52.5. The maximum atomic E-state index is 13.6. The summed E-state index contributed by atoms with van der Waals surface area (Å²) in [6.07, 6.45) is 30.4. The number of hydrogen-bond acceptors (Lipinski definition) is 7. The molecule has 0 aliphatic heterocycles. The Labute approximate surface area is 386 Å². The Kier molecular flexibility index (Phi) is 26.5. The Morgan fingerprint density at radius 1 is 0.667 bits per heavy atom. The third kappa shape index (κ3) is 20.7. The van der Waals surface area contributed by atoms with E-state index in [1.807, 2.05) is 24.3 Å². The summed E-state index contributed by atoms with van der Waals surface area (Å²) in [4.78, 5) is 40.2. The standard InChI is InChI=1S/C53H85N3O6S/c1-3-5-7-9-11-13-14-15-16-17-19-21-23-29-37-61-38-43(54-50(58)34-24-22-20-18-12-10-8-6-4-2)40-63-41-49(51(59)56-53(42-57)35-36-53)55-52(60)62-39-48-46-32-27-25-30-44(46)45-31-26-28-33-47(45)48/h25-28,30-33,43,48-49,57H,3-24,29,34-42H2,1-2H3,(H,54,58)(H,55,60)(H,56,59)/t43-,49+/m1/s1. The number of nitrogens with one attached hydrogen (secondary N) is 3. The fourth-order valence-corrected chi connectivity index (χ4v) is 9.84. The summed E-state index contributed by atoms with van der Waals surface area (Å²) in [5.41, 5.74) is 3.90. The van der Waals surface area contributed by atoms with Gasteiger partial charge in [-0.2, -0.15) is 11.8 Å². The van der Waals surface area contributed by atoms with E-state index in [2.05, 4.69) is 54.1 Å². The van der Waals surface area contributed by atoms with E-state index in [1.165, 1.54) is 134 Å². The number of carbonyl (C=O) groups is 3. The number of thioether (sulfide) groups is 1. The van der Waals surface area contributed by atoms with Crippen LogP contribution >= 0.6 is 11.8 Å². The fraction of sp³-hybridized carbons (Fsp3) is 0.717. The molecule has 3 amide bonds. The summed E-state index contributed by atoms with van der Waals surface area (Å²) in [5, 5.41) is 19.0. The molecule has 0 heterocycles. The van der Waals surface area contributed by atoms with Crippen LogP contribution in [0.1, 0.15) is 198 Å². The lowest BCUT2D eigenvalue weighted by Gasteiger charge is -2.24. The predicted molar refractivity (Wildman–Crippen MR) is 261 cm³/mol. The molecular weight excluding hydrogens is 807 g/mol. The van der Waals surface area contributed by atoms with Gasteiger partial charge in [0.25, 0.3) is 0 Å². The molecule has 2 aliphatic rings. The van der Waals surface area contributed by atoms with E-state index in [-0.39, 0.29) is 42.7 Å². The van der Waals surface area contributed by atoms with Crippen molar-refractivity contribution in [1.82, 2.24) is 16.0 Å². The zero-order valence-corrected chi connectivity index (χ0v) is 40.2. The molecule has 4 N–H and O–H groups in total. The molecule has 10 heteroatoms. The highest BCUT2D eigenvalue weighted by Gasteiger charge is 2.44. The van der Waals surface area contributed by atoms with Gasteiger partial charge in [0.15, 0.2) is 0 Å². The van der Waals surface area contributed by atoms with Gasteiger partial charge in [-0.3, -0.25) is 9.59 Å². The van der Waals surface area contributed by atoms with Gasteiger partial charge in [0, 0.05) is 30.5 Å². The highest BCUT2D eigenvalue weighted by atomic mass is 32.2. The van der Waals surface area contributed by atoms with Gasteiger partial charge < -0.3 is 30.5 Å². The maximum absolute atomic E-state index is 13.6. The molecule has 9 nitrogen and oxygen atoms in total. The van der Waals surface area contributed by atoms with Crippen LogP contribution in [0.2, 0.25) is 0 Å². The average molecular weight is 892 g/mol. The van der Waals surface area contributed by atoms with Crippen molar-refractivity contribution in [3.8, 4) is 11.1 Å². The van der Waals surface area contributed by atoms with Crippen LogP contribution in [0.3, 0.4) is 0 Å². The SMILES string of the molecule is CCCCCCCCCCCCCCCCOC[C@H](CSC[C@H](NC(=O)OCC1c2ccccc2-c2ccccc21)C(=O)NC1(CO)CC1)NC(=O)CCCCCCCCCCC. The molecular formula is C53H85N3O6S. The zero-order valence-electron chi connectivity index (χ0n) is 39.4. The Morgan fingerprint density at radius 3 is 1.67 bits per heavy atom. The van der Waals surface area contributed by atoms with Gasteiger partial charge in [-0.05, 0) is 47.9 Å². The van der Waals surface area contributed by atoms with E-state index >= 15 is 0 Å². The predicted octanol–water partition coefficient (Wildman–Crippen LogP) is 12.2. The number of aliphatic hydroxyl groups excluding tert-OH is 1. The summed E-state index contributed by atoms with van der Waals surface area (Å²) in [5.74, 6) is 0.402. The monoisotopic (exact) mass is 892 g/mol. The third-order valence-corrected chi connectivity index (χ3v) is 14.1. The van der Waals surface area contributed by atoms with Crippen LogP contribution < -0.4 is 16.0 Å². The molecule has 0 unspecified atom stereocenters. The quantitative estimate of drug-likeness (QED) is 0.0495. The Hall–Kier alpha value is -3.08. The number of benzene rings is 2. The highest BCUT2D eigenvalue weighted by Crippen LogP contribution is 2.44. The van der Waals surface area contributed by atoms with Crippen molar-refractivity contribution < 1.29 is 29.0 Å². The van der Waals surface area contributed by atoms with Gasteiger partial charge in [0.05, 0.1) is 24.8 Å². The molecule has 4 rings (SSSR count). The molecule has 1 fully saturated rings. The van der Waals surface area contributed by atoms with Gasteiger partial charge in [-0.25, -0.2) is 4.79 Å². The van der Waals surface area contributed by atoms with E-state index in [0.717, 1.165) is 47.9 Å². The van der Waals surface area contributed by atoms with Crippen LogP contribution in [0.4, 0.5) is 4.79 Å². The Balaban J connectivity index is 1.22. The van der Waals surface area contributed by atoms with Crippen molar-refractivity contribution in [2.75, 3.05) is 37.9 Å². The molecule has 354 valence electrons. The van der Waals surface area contributed by atoms with Gasteiger partial charge in [0.1, 0.15) is 12.6 Å². The smallest absolute Gasteiger partial charge is 0.407 e. The number of amides is 3. The normalized spacial score (nSPS) is 14.7. The molecule has 0 bridgehead atoms. The highest BCUT2D eigenvalue weighted by molar-refractivity contribution is 7.99. The topological polar surface area (TPSA) is 126 Å². The fourth-order valence-electron chi connectivity index (χ4n) is 8.77. The van der Waals surface area contributed by atoms with Gasteiger partial charge >= 0.3 is 6.09 Å². The second kappa shape index (κ2) is 31.7. The van der Waals surface area contributed by atoms with Crippen LogP contribution in [-0.2, 0) is 19.1 Å². The largest absolute Gasteiger partial charge is 0.449 e. The molecule has 2 aromatic carbocycles. The van der Waals surface area contributed by atoms with Crippen LogP contribution in [0, 0.1) is 0 Å². The van der Waals surface area contributed by atoms with Crippen LogP contribution in [0.25, 0.3) is 11.1 Å². The van der Waals surface area contributed by atoms with Crippen molar-refractivity contribution in [2.45, 2.75) is 204 Å². The number of rotatable bonds is 38. The first-order valence-electron chi connectivity index (χ1n) is 25.4.